The molecular formula is C23H16FN3OS. The number of aromatic amines is 1. The molecule has 142 valence electrons. The molecule has 2 aromatic carbocycles. The number of nitrogens with zero attached hydrogens (tertiary/aromatic N) is 2. The van der Waals surface area contributed by atoms with E-state index in [1.807, 2.05) is 42.5 Å². The van der Waals surface area contributed by atoms with Crippen LogP contribution in [-0.4, -0.2) is 20.1 Å². The van der Waals surface area contributed by atoms with Gasteiger partial charge in [-0.25, -0.2) is 9.37 Å². The second kappa shape index (κ2) is 7.24. The van der Waals surface area contributed by atoms with Crippen LogP contribution in [0.5, 0.6) is 0 Å². The van der Waals surface area contributed by atoms with Crippen LogP contribution in [-0.2, 0) is 0 Å². The van der Waals surface area contributed by atoms with Crippen LogP contribution in [0.1, 0.15) is 17.2 Å². The molecule has 0 amide bonds. The normalized spacial score (nSPS) is 12.3. The highest BCUT2D eigenvalue weighted by Crippen LogP contribution is 2.43. The van der Waals surface area contributed by atoms with E-state index in [2.05, 4.69) is 15.0 Å². The van der Waals surface area contributed by atoms with Gasteiger partial charge in [-0.1, -0.05) is 30.3 Å². The van der Waals surface area contributed by atoms with E-state index in [-0.39, 0.29) is 5.56 Å². The summed E-state index contributed by atoms with van der Waals surface area (Å²) in [5.74, 6) is 0.211. The van der Waals surface area contributed by atoms with Crippen LogP contribution in [0, 0.1) is 5.82 Å². The molecule has 29 heavy (non-hydrogen) atoms. The maximum Gasteiger partial charge on any atom is 0.147 e. The Hall–Kier alpha value is -3.35. The summed E-state index contributed by atoms with van der Waals surface area (Å²) in [5, 5.41) is 12.9. The van der Waals surface area contributed by atoms with E-state index in [0.717, 1.165) is 20.7 Å². The molecule has 5 rings (SSSR count). The smallest absolute Gasteiger partial charge is 0.147 e. The van der Waals surface area contributed by atoms with Crippen molar-refractivity contribution in [2.45, 2.75) is 6.10 Å². The monoisotopic (exact) mass is 401 g/mol. The molecule has 0 saturated carbocycles. The molecule has 0 aliphatic heterocycles. The molecular weight excluding hydrogens is 385 g/mol. The third-order valence-corrected chi connectivity index (χ3v) is 6.13. The molecule has 0 aliphatic carbocycles. The van der Waals surface area contributed by atoms with Crippen LogP contribution >= 0.6 is 11.3 Å². The van der Waals surface area contributed by atoms with Crippen LogP contribution < -0.4 is 0 Å². The van der Waals surface area contributed by atoms with E-state index >= 15 is 0 Å². The lowest BCUT2D eigenvalue weighted by atomic mass is 9.95. The molecule has 4 nitrogen and oxygen atoms in total. The molecule has 6 heteroatoms. The first-order valence-electron chi connectivity index (χ1n) is 9.11. The maximum atomic E-state index is 14.9. The van der Waals surface area contributed by atoms with Crippen LogP contribution in [0.2, 0.25) is 0 Å². The van der Waals surface area contributed by atoms with E-state index in [1.54, 1.807) is 30.9 Å². The summed E-state index contributed by atoms with van der Waals surface area (Å²) >= 11 is 1.50. The number of rotatable bonds is 4. The molecule has 0 fully saturated rings. The zero-order chi connectivity index (χ0) is 19.8. The minimum atomic E-state index is -1.13. The molecule has 0 bridgehead atoms. The molecule has 3 heterocycles. The number of benzene rings is 2. The molecule has 1 unspecified atom stereocenters. The van der Waals surface area contributed by atoms with Crippen molar-refractivity contribution >= 4 is 22.1 Å². The van der Waals surface area contributed by atoms with Crippen LogP contribution in [0.15, 0.2) is 79.4 Å². The number of imidazole rings is 1. The molecule has 5 aromatic rings. The quantitative estimate of drug-likeness (QED) is 0.414. The van der Waals surface area contributed by atoms with Crippen LogP contribution in [0.3, 0.4) is 0 Å². The summed E-state index contributed by atoms with van der Waals surface area (Å²) in [6.07, 6.45) is 5.71. The van der Waals surface area contributed by atoms with Gasteiger partial charge in [-0.2, -0.15) is 0 Å². The lowest BCUT2D eigenvalue weighted by Gasteiger charge is -2.15. The zero-order valence-electron chi connectivity index (χ0n) is 15.2. The van der Waals surface area contributed by atoms with Gasteiger partial charge in [0.15, 0.2) is 0 Å². The Kier molecular flexibility index (Phi) is 4.42. The minimum absolute atomic E-state index is 0.273. The van der Waals surface area contributed by atoms with Gasteiger partial charge < -0.3 is 10.1 Å². The number of hydrogen-bond donors (Lipinski definition) is 2. The lowest BCUT2D eigenvalue weighted by Crippen LogP contribution is -2.04. The van der Waals surface area contributed by atoms with Crippen molar-refractivity contribution in [3.63, 3.8) is 0 Å². The first-order chi connectivity index (χ1) is 14.2. The third kappa shape index (κ3) is 3.12. The number of halogens is 1. The summed E-state index contributed by atoms with van der Waals surface area (Å²) < 4.78 is 14.9. The number of pyridine rings is 1. The Balaban J connectivity index is 1.72. The van der Waals surface area contributed by atoms with Gasteiger partial charge >= 0.3 is 0 Å². The van der Waals surface area contributed by atoms with E-state index in [9.17, 15) is 9.50 Å². The summed E-state index contributed by atoms with van der Waals surface area (Å²) in [4.78, 5) is 13.2. The number of aliphatic hydroxyl groups is 1. The highest BCUT2D eigenvalue weighted by Gasteiger charge is 2.25. The third-order valence-electron chi connectivity index (χ3n) is 4.92. The van der Waals surface area contributed by atoms with Crippen molar-refractivity contribution in [2.24, 2.45) is 0 Å². The SMILES string of the molecule is OC(c1cc(-c2ccncc2)sc1-c1ncc[nH]1)c1c(F)ccc2ccccc12. The van der Waals surface area contributed by atoms with E-state index in [4.69, 9.17) is 0 Å². The number of hydrogen-bond acceptors (Lipinski definition) is 4. The summed E-state index contributed by atoms with van der Waals surface area (Å²) in [6.45, 7) is 0. The van der Waals surface area contributed by atoms with Gasteiger partial charge in [-0.05, 0) is 40.6 Å². The Morgan fingerprint density at radius 3 is 2.62 bits per heavy atom. The Morgan fingerprint density at radius 1 is 1.00 bits per heavy atom. The Labute approximate surface area is 170 Å². The predicted octanol–water partition coefficient (Wildman–Crippen LogP) is 5.57. The number of H-pyrrole nitrogens is 1. The van der Waals surface area contributed by atoms with E-state index < -0.39 is 11.9 Å². The Morgan fingerprint density at radius 2 is 1.83 bits per heavy atom. The fourth-order valence-electron chi connectivity index (χ4n) is 3.54. The molecule has 0 spiro atoms. The molecule has 0 aliphatic rings. The van der Waals surface area contributed by atoms with Crippen molar-refractivity contribution in [1.29, 1.82) is 0 Å². The average Bonchev–Trinajstić information content (AvgIpc) is 3.44. The van der Waals surface area contributed by atoms with Crippen molar-refractivity contribution < 1.29 is 9.50 Å². The number of aromatic nitrogens is 3. The molecule has 2 N–H and O–H groups in total. The number of thiophene rings is 1. The van der Waals surface area contributed by atoms with Crippen molar-refractivity contribution in [3.8, 4) is 21.1 Å². The minimum Gasteiger partial charge on any atom is -0.383 e. The summed E-state index contributed by atoms with van der Waals surface area (Å²) in [7, 11) is 0. The fourth-order valence-corrected chi connectivity index (χ4v) is 4.70. The highest BCUT2D eigenvalue weighted by atomic mass is 32.1. The summed E-state index contributed by atoms with van der Waals surface area (Å²) in [5.41, 5.74) is 1.87. The zero-order valence-corrected chi connectivity index (χ0v) is 16.0. The molecule has 1 atom stereocenters. The van der Waals surface area contributed by atoms with Crippen molar-refractivity contribution in [3.05, 3.63) is 96.3 Å². The lowest BCUT2D eigenvalue weighted by molar-refractivity contribution is 0.217. The number of nitrogens with one attached hydrogen (secondary N) is 1. The second-order valence-electron chi connectivity index (χ2n) is 6.65. The van der Waals surface area contributed by atoms with Crippen LogP contribution in [0.25, 0.3) is 31.9 Å². The molecule has 0 radical (unpaired) electrons. The number of fused-ring (bicyclic) bond motifs is 1. The molecule has 0 saturated heterocycles. The number of aliphatic hydroxyl groups excluding tert-OH is 1. The van der Waals surface area contributed by atoms with Gasteiger partial charge in [0.05, 0.1) is 4.88 Å². The first kappa shape index (κ1) is 17.7. The van der Waals surface area contributed by atoms with E-state index in [1.165, 1.54) is 17.4 Å². The molecule has 3 aromatic heterocycles. The maximum absolute atomic E-state index is 14.9. The van der Waals surface area contributed by atoms with Gasteiger partial charge in [0.25, 0.3) is 0 Å². The summed E-state index contributed by atoms with van der Waals surface area (Å²) in [6, 6.07) is 16.4. The Bertz CT molecular complexity index is 1280. The van der Waals surface area contributed by atoms with Gasteiger partial charge in [-0.3, -0.25) is 4.98 Å². The topological polar surface area (TPSA) is 61.8 Å². The predicted molar refractivity (Wildman–Crippen MR) is 113 cm³/mol. The van der Waals surface area contributed by atoms with E-state index in [0.29, 0.717) is 16.8 Å². The van der Waals surface area contributed by atoms with Gasteiger partial charge in [-0.15, -0.1) is 11.3 Å². The van der Waals surface area contributed by atoms with Crippen molar-refractivity contribution in [2.75, 3.05) is 0 Å². The first-order valence-corrected chi connectivity index (χ1v) is 9.93. The van der Waals surface area contributed by atoms with Gasteiger partial charge in [0.1, 0.15) is 17.7 Å². The standard InChI is InChI=1S/C23H16FN3OS/c24-18-6-5-14-3-1-2-4-16(14)20(18)21(28)17-13-19(15-7-9-25-10-8-15)29-22(17)23-26-11-12-27-23/h1-13,21,28H,(H,26,27). The largest absolute Gasteiger partial charge is 0.383 e. The van der Waals surface area contributed by atoms with Gasteiger partial charge in [0.2, 0.25) is 0 Å². The highest BCUT2D eigenvalue weighted by molar-refractivity contribution is 7.19. The van der Waals surface area contributed by atoms with Crippen LogP contribution in [0.4, 0.5) is 4.39 Å². The van der Waals surface area contributed by atoms with Gasteiger partial charge in [0, 0.05) is 40.8 Å². The second-order valence-corrected chi connectivity index (χ2v) is 7.71. The van der Waals surface area contributed by atoms with Crippen molar-refractivity contribution in [1.82, 2.24) is 15.0 Å². The average molecular weight is 401 g/mol. The fraction of sp³-hybridized carbons (Fsp3) is 0.0435.